The lowest BCUT2D eigenvalue weighted by Crippen LogP contribution is -2.39. The van der Waals surface area contributed by atoms with E-state index in [1.54, 1.807) is 12.1 Å². The molecule has 1 aromatic rings. The Bertz CT molecular complexity index is 446. The lowest BCUT2D eigenvalue weighted by atomic mass is 10.0. The minimum absolute atomic E-state index is 0.0407. The van der Waals surface area contributed by atoms with Crippen LogP contribution in [0, 0.1) is 0 Å². The molecule has 1 aliphatic heterocycles. The molecule has 1 heterocycles. The van der Waals surface area contributed by atoms with Gasteiger partial charge in [0.25, 0.3) is 11.8 Å². The van der Waals surface area contributed by atoms with Crippen molar-refractivity contribution >= 4 is 11.8 Å². The van der Waals surface area contributed by atoms with Crippen LogP contribution in [-0.2, 0) is 0 Å². The Kier molecular flexibility index (Phi) is 4.35. The van der Waals surface area contributed by atoms with E-state index in [1.807, 2.05) is 19.1 Å². The van der Waals surface area contributed by atoms with E-state index in [2.05, 4.69) is 6.92 Å². The molecule has 0 fully saturated rings. The van der Waals surface area contributed by atoms with Gasteiger partial charge in [0.15, 0.2) is 0 Å². The molecule has 3 heteroatoms. The molecule has 0 saturated carbocycles. The van der Waals surface area contributed by atoms with Crippen molar-refractivity contribution in [3.05, 3.63) is 35.4 Å². The van der Waals surface area contributed by atoms with Crippen LogP contribution in [0.2, 0.25) is 0 Å². The Morgan fingerprint density at radius 1 is 1.00 bits per heavy atom. The number of imide groups is 1. The molecular formula is C16H21NO2. The molecule has 1 atom stereocenters. The quantitative estimate of drug-likeness (QED) is 0.577. The van der Waals surface area contributed by atoms with Gasteiger partial charge in [-0.15, -0.1) is 0 Å². The number of amides is 2. The molecule has 2 amide bonds. The van der Waals surface area contributed by atoms with Gasteiger partial charge in [-0.25, -0.2) is 0 Å². The number of fused-ring (bicyclic) bond motifs is 1. The fraction of sp³-hybridized carbons (Fsp3) is 0.500. The predicted molar refractivity (Wildman–Crippen MR) is 75.2 cm³/mol. The van der Waals surface area contributed by atoms with Crippen LogP contribution >= 0.6 is 0 Å². The topological polar surface area (TPSA) is 37.4 Å². The fourth-order valence-corrected chi connectivity index (χ4v) is 2.69. The maximum Gasteiger partial charge on any atom is 0.261 e. The lowest BCUT2D eigenvalue weighted by molar-refractivity contribution is 0.0569. The minimum atomic E-state index is -0.121. The molecule has 0 aromatic heterocycles. The van der Waals surface area contributed by atoms with E-state index in [-0.39, 0.29) is 17.9 Å². The highest BCUT2D eigenvalue weighted by Crippen LogP contribution is 2.27. The fourth-order valence-electron chi connectivity index (χ4n) is 2.69. The highest BCUT2D eigenvalue weighted by atomic mass is 16.2. The standard InChI is InChI=1S/C16H21NO2/c1-3-5-6-9-12(4-2)17-15(18)13-10-7-8-11-14(13)16(17)19/h7-8,10-12H,3-6,9H2,1-2H3/t12-/m0/s1. The predicted octanol–water partition coefficient (Wildman–Crippen LogP) is 3.64. The van der Waals surface area contributed by atoms with Gasteiger partial charge in [-0.1, -0.05) is 45.2 Å². The number of unbranched alkanes of at least 4 members (excludes halogenated alkanes) is 2. The molecule has 0 bridgehead atoms. The first-order valence-electron chi connectivity index (χ1n) is 7.17. The summed E-state index contributed by atoms with van der Waals surface area (Å²) in [7, 11) is 0. The van der Waals surface area contributed by atoms with E-state index in [4.69, 9.17) is 0 Å². The largest absolute Gasteiger partial charge is 0.271 e. The highest BCUT2D eigenvalue weighted by Gasteiger charge is 2.38. The summed E-state index contributed by atoms with van der Waals surface area (Å²) in [4.78, 5) is 26.2. The summed E-state index contributed by atoms with van der Waals surface area (Å²) in [6.45, 7) is 4.20. The van der Waals surface area contributed by atoms with E-state index < -0.39 is 0 Å². The Morgan fingerprint density at radius 2 is 1.58 bits per heavy atom. The highest BCUT2D eigenvalue weighted by molar-refractivity contribution is 6.21. The molecular weight excluding hydrogens is 238 g/mol. The van der Waals surface area contributed by atoms with Crippen molar-refractivity contribution in [1.82, 2.24) is 4.90 Å². The van der Waals surface area contributed by atoms with Crippen molar-refractivity contribution < 1.29 is 9.59 Å². The zero-order valence-corrected chi connectivity index (χ0v) is 11.7. The van der Waals surface area contributed by atoms with Crippen molar-refractivity contribution in [2.45, 2.75) is 52.0 Å². The van der Waals surface area contributed by atoms with E-state index in [1.165, 1.54) is 4.90 Å². The minimum Gasteiger partial charge on any atom is -0.271 e. The van der Waals surface area contributed by atoms with Gasteiger partial charge in [0.2, 0.25) is 0 Å². The summed E-state index contributed by atoms with van der Waals surface area (Å²) >= 11 is 0. The molecule has 19 heavy (non-hydrogen) atoms. The number of rotatable bonds is 6. The molecule has 102 valence electrons. The van der Waals surface area contributed by atoms with Gasteiger partial charge in [0, 0.05) is 6.04 Å². The summed E-state index contributed by atoms with van der Waals surface area (Å²) in [6.07, 6.45) is 5.12. The van der Waals surface area contributed by atoms with E-state index in [0.717, 1.165) is 32.1 Å². The third-order valence-electron chi connectivity index (χ3n) is 3.80. The Labute approximate surface area is 114 Å². The van der Waals surface area contributed by atoms with Crippen LogP contribution in [0.3, 0.4) is 0 Å². The summed E-state index contributed by atoms with van der Waals surface area (Å²) in [5.74, 6) is -0.243. The van der Waals surface area contributed by atoms with Crippen molar-refractivity contribution in [3.8, 4) is 0 Å². The zero-order chi connectivity index (χ0) is 13.8. The molecule has 1 aromatic carbocycles. The first-order chi connectivity index (χ1) is 9.20. The number of carbonyl (C=O) groups is 2. The van der Waals surface area contributed by atoms with Crippen molar-refractivity contribution in [1.29, 1.82) is 0 Å². The van der Waals surface area contributed by atoms with Crippen LogP contribution < -0.4 is 0 Å². The number of hydrogen-bond acceptors (Lipinski definition) is 2. The maximum absolute atomic E-state index is 12.3. The van der Waals surface area contributed by atoms with Crippen LogP contribution in [0.1, 0.15) is 66.7 Å². The summed E-state index contributed by atoms with van der Waals surface area (Å²) in [5, 5.41) is 0. The van der Waals surface area contributed by atoms with Crippen LogP contribution in [0.4, 0.5) is 0 Å². The third kappa shape index (κ3) is 2.55. The summed E-state index contributed by atoms with van der Waals surface area (Å²) in [5.41, 5.74) is 1.11. The zero-order valence-electron chi connectivity index (χ0n) is 11.7. The van der Waals surface area contributed by atoms with Crippen LogP contribution in [0.5, 0.6) is 0 Å². The van der Waals surface area contributed by atoms with Gasteiger partial charge in [0.1, 0.15) is 0 Å². The van der Waals surface area contributed by atoms with Gasteiger partial charge in [-0.05, 0) is 25.0 Å². The molecule has 1 aliphatic rings. The van der Waals surface area contributed by atoms with Crippen molar-refractivity contribution in [3.63, 3.8) is 0 Å². The first-order valence-corrected chi connectivity index (χ1v) is 7.17. The number of nitrogens with zero attached hydrogens (tertiary/aromatic N) is 1. The second-order valence-corrected chi connectivity index (χ2v) is 5.08. The molecule has 3 nitrogen and oxygen atoms in total. The van der Waals surface area contributed by atoms with Crippen molar-refractivity contribution in [2.24, 2.45) is 0 Å². The van der Waals surface area contributed by atoms with Crippen LogP contribution in [0.15, 0.2) is 24.3 Å². The van der Waals surface area contributed by atoms with Crippen LogP contribution in [0.25, 0.3) is 0 Å². The van der Waals surface area contributed by atoms with E-state index in [9.17, 15) is 9.59 Å². The second-order valence-electron chi connectivity index (χ2n) is 5.08. The first kappa shape index (κ1) is 13.8. The molecule has 0 saturated heterocycles. The molecule has 0 aliphatic carbocycles. The van der Waals surface area contributed by atoms with Gasteiger partial charge >= 0.3 is 0 Å². The average Bonchev–Trinajstić information content (AvgIpc) is 2.69. The number of carbonyl (C=O) groups excluding carboxylic acids is 2. The Morgan fingerprint density at radius 3 is 2.05 bits per heavy atom. The van der Waals surface area contributed by atoms with Gasteiger partial charge in [-0.3, -0.25) is 14.5 Å². The molecule has 0 N–H and O–H groups in total. The average molecular weight is 259 g/mol. The summed E-state index contributed by atoms with van der Waals surface area (Å²) < 4.78 is 0. The normalized spacial score (nSPS) is 15.8. The maximum atomic E-state index is 12.3. The molecule has 2 rings (SSSR count). The third-order valence-corrected chi connectivity index (χ3v) is 3.80. The SMILES string of the molecule is CCCCC[C@H](CC)N1C(=O)c2ccccc2C1=O. The second kappa shape index (κ2) is 6.00. The monoisotopic (exact) mass is 259 g/mol. The van der Waals surface area contributed by atoms with Gasteiger partial charge < -0.3 is 0 Å². The van der Waals surface area contributed by atoms with E-state index >= 15 is 0 Å². The Hall–Kier alpha value is -1.64. The van der Waals surface area contributed by atoms with Crippen molar-refractivity contribution in [2.75, 3.05) is 0 Å². The van der Waals surface area contributed by atoms with Crippen LogP contribution in [-0.4, -0.2) is 22.8 Å². The van der Waals surface area contributed by atoms with E-state index in [0.29, 0.717) is 11.1 Å². The van der Waals surface area contributed by atoms with Gasteiger partial charge in [0.05, 0.1) is 11.1 Å². The molecule has 0 spiro atoms. The summed E-state index contributed by atoms with van der Waals surface area (Å²) in [6, 6.07) is 7.15. The van der Waals surface area contributed by atoms with Gasteiger partial charge in [-0.2, -0.15) is 0 Å². The lowest BCUT2D eigenvalue weighted by Gasteiger charge is -2.25. The molecule has 0 radical (unpaired) electrons. The molecule has 0 unspecified atom stereocenters. The number of hydrogen-bond donors (Lipinski definition) is 0. The Balaban J connectivity index is 2.17. The number of benzene rings is 1. The smallest absolute Gasteiger partial charge is 0.261 e.